The molecule has 0 aliphatic carbocycles. The van der Waals surface area contributed by atoms with Crippen LogP contribution in [0.15, 0.2) is 10.5 Å². The lowest BCUT2D eigenvalue weighted by atomic mass is 10.1. The molecule has 1 aliphatic heterocycles. The Bertz CT molecular complexity index is 737. The Kier molecular flexibility index (Phi) is 4.96. The summed E-state index contributed by atoms with van der Waals surface area (Å²) in [5, 5.41) is 8.01. The molecule has 3 rings (SSSR count). The van der Waals surface area contributed by atoms with Crippen LogP contribution in [-0.4, -0.2) is 37.5 Å². The van der Waals surface area contributed by atoms with Crippen LogP contribution in [0, 0.1) is 6.92 Å². The van der Waals surface area contributed by atoms with Crippen molar-refractivity contribution in [2.24, 2.45) is 0 Å². The monoisotopic (exact) mass is 344 g/mol. The largest absolute Gasteiger partial charge is 0.425 e. The zero-order valence-electron chi connectivity index (χ0n) is 14.9. The summed E-state index contributed by atoms with van der Waals surface area (Å²) in [7, 11) is 0. The van der Waals surface area contributed by atoms with Gasteiger partial charge in [0, 0.05) is 31.4 Å². The van der Waals surface area contributed by atoms with Crippen molar-refractivity contribution in [3.63, 3.8) is 0 Å². The van der Waals surface area contributed by atoms with Crippen LogP contribution in [0.25, 0.3) is 0 Å². The highest BCUT2D eigenvalue weighted by atomic mass is 16.4. The summed E-state index contributed by atoms with van der Waals surface area (Å²) in [4.78, 5) is 23.1. The van der Waals surface area contributed by atoms with Crippen LogP contribution in [0.3, 0.4) is 0 Å². The third-order valence-corrected chi connectivity index (χ3v) is 4.32. The molecular weight excluding hydrogens is 320 g/mol. The van der Waals surface area contributed by atoms with Crippen LogP contribution in [0.2, 0.25) is 0 Å². The average Bonchev–Trinajstić information content (AvgIpc) is 3.21. The highest BCUT2D eigenvalue weighted by molar-refractivity contribution is 5.77. The van der Waals surface area contributed by atoms with E-state index in [0.29, 0.717) is 36.3 Å². The smallest absolute Gasteiger partial charge is 0.223 e. The summed E-state index contributed by atoms with van der Waals surface area (Å²) in [5.41, 5.74) is 6.64. The molecule has 2 aromatic heterocycles. The van der Waals surface area contributed by atoms with E-state index in [1.807, 2.05) is 25.7 Å². The van der Waals surface area contributed by atoms with Crippen molar-refractivity contribution in [2.75, 3.05) is 12.3 Å². The van der Waals surface area contributed by atoms with E-state index in [1.165, 1.54) is 0 Å². The average molecular weight is 344 g/mol. The summed E-state index contributed by atoms with van der Waals surface area (Å²) in [6.07, 6.45) is 2.64. The van der Waals surface area contributed by atoms with Crippen LogP contribution in [0.5, 0.6) is 0 Å². The van der Waals surface area contributed by atoms with Gasteiger partial charge in [-0.3, -0.25) is 4.79 Å². The summed E-state index contributed by atoms with van der Waals surface area (Å²) in [6, 6.07) is 1.72. The summed E-state index contributed by atoms with van der Waals surface area (Å²) in [5.74, 6) is 2.44. The third-order valence-electron chi connectivity index (χ3n) is 4.32. The first-order chi connectivity index (χ1) is 11.9. The van der Waals surface area contributed by atoms with E-state index < -0.39 is 0 Å². The Morgan fingerprint density at radius 3 is 2.88 bits per heavy atom. The van der Waals surface area contributed by atoms with Gasteiger partial charge in [0.05, 0.1) is 11.7 Å². The molecule has 1 atom stereocenters. The zero-order valence-corrected chi connectivity index (χ0v) is 14.9. The van der Waals surface area contributed by atoms with Crippen molar-refractivity contribution in [3.8, 4) is 0 Å². The Labute approximate surface area is 146 Å². The van der Waals surface area contributed by atoms with Gasteiger partial charge in [0.25, 0.3) is 0 Å². The van der Waals surface area contributed by atoms with Crippen LogP contribution in [-0.2, 0) is 11.2 Å². The van der Waals surface area contributed by atoms with Crippen LogP contribution < -0.4 is 5.73 Å². The van der Waals surface area contributed by atoms with Gasteiger partial charge in [-0.25, -0.2) is 9.97 Å². The molecule has 0 aromatic carbocycles. The van der Waals surface area contributed by atoms with E-state index >= 15 is 0 Å². The lowest BCUT2D eigenvalue weighted by Gasteiger charge is -2.24. The lowest BCUT2D eigenvalue weighted by molar-refractivity contribution is -0.132. The fraction of sp³-hybridized carbons (Fsp3) is 0.588. The second-order valence-corrected chi connectivity index (χ2v) is 6.70. The topological polar surface area (TPSA) is 111 Å². The quantitative estimate of drug-likeness (QED) is 0.884. The number of likely N-dealkylation sites (tertiary alicyclic amines) is 1. The maximum absolute atomic E-state index is 12.7. The predicted molar refractivity (Wildman–Crippen MR) is 91.6 cm³/mol. The molecule has 1 aliphatic rings. The Balaban J connectivity index is 1.66. The number of nitrogen functional groups attached to an aromatic ring is 1. The second-order valence-electron chi connectivity index (χ2n) is 6.70. The number of anilines is 1. The maximum atomic E-state index is 12.7. The fourth-order valence-electron chi connectivity index (χ4n) is 3.12. The minimum atomic E-state index is -0.0367. The molecule has 134 valence electrons. The molecule has 2 N–H and O–H groups in total. The SMILES string of the molecule is Cc1nc(N)cc([C@H]2CCCN2C(=O)CCc2nnc(C(C)C)o2)n1. The molecule has 0 spiro atoms. The van der Waals surface area contributed by atoms with Gasteiger partial charge in [0.1, 0.15) is 11.6 Å². The first-order valence-electron chi connectivity index (χ1n) is 8.67. The van der Waals surface area contributed by atoms with E-state index in [2.05, 4.69) is 20.2 Å². The van der Waals surface area contributed by atoms with Crippen molar-refractivity contribution in [2.45, 2.75) is 58.4 Å². The summed E-state index contributed by atoms with van der Waals surface area (Å²) >= 11 is 0. The van der Waals surface area contributed by atoms with Crippen molar-refractivity contribution >= 4 is 11.7 Å². The summed E-state index contributed by atoms with van der Waals surface area (Å²) < 4.78 is 5.57. The second kappa shape index (κ2) is 7.16. The molecule has 0 saturated carbocycles. The van der Waals surface area contributed by atoms with Crippen molar-refractivity contribution < 1.29 is 9.21 Å². The van der Waals surface area contributed by atoms with Gasteiger partial charge in [-0.15, -0.1) is 10.2 Å². The van der Waals surface area contributed by atoms with E-state index in [1.54, 1.807) is 6.07 Å². The molecule has 25 heavy (non-hydrogen) atoms. The number of rotatable bonds is 5. The molecule has 1 fully saturated rings. The van der Waals surface area contributed by atoms with Crippen LogP contribution in [0.1, 0.15) is 68.4 Å². The number of nitrogens with two attached hydrogens (primary N) is 1. The zero-order chi connectivity index (χ0) is 18.0. The number of carbonyl (C=O) groups excluding carboxylic acids is 1. The van der Waals surface area contributed by atoms with Crippen LogP contribution in [0.4, 0.5) is 5.82 Å². The molecule has 0 bridgehead atoms. The van der Waals surface area contributed by atoms with E-state index in [0.717, 1.165) is 25.1 Å². The number of amides is 1. The molecule has 8 heteroatoms. The minimum absolute atomic E-state index is 0.0367. The maximum Gasteiger partial charge on any atom is 0.223 e. The molecule has 0 radical (unpaired) electrons. The highest BCUT2D eigenvalue weighted by Gasteiger charge is 2.31. The Morgan fingerprint density at radius 2 is 2.20 bits per heavy atom. The molecule has 1 amide bonds. The van der Waals surface area contributed by atoms with Gasteiger partial charge in [0.15, 0.2) is 0 Å². The van der Waals surface area contributed by atoms with Gasteiger partial charge in [-0.1, -0.05) is 13.8 Å². The van der Waals surface area contributed by atoms with Crippen molar-refractivity contribution in [3.05, 3.63) is 29.4 Å². The molecule has 0 unspecified atom stereocenters. The summed E-state index contributed by atoms with van der Waals surface area (Å²) in [6.45, 7) is 6.52. The number of hydrogen-bond acceptors (Lipinski definition) is 7. The lowest BCUT2D eigenvalue weighted by Crippen LogP contribution is -2.31. The fourth-order valence-corrected chi connectivity index (χ4v) is 3.12. The van der Waals surface area contributed by atoms with Crippen molar-refractivity contribution in [1.29, 1.82) is 0 Å². The predicted octanol–water partition coefficient (Wildman–Crippen LogP) is 2.17. The number of aryl methyl sites for hydroxylation is 2. The van der Waals surface area contributed by atoms with Gasteiger partial charge in [-0.05, 0) is 19.8 Å². The highest BCUT2D eigenvalue weighted by Crippen LogP contribution is 2.32. The van der Waals surface area contributed by atoms with Gasteiger partial charge in [-0.2, -0.15) is 0 Å². The number of hydrogen-bond donors (Lipinski definition) is 1. The molecular formula is C17H24N6O2. The molecule has 1 saturated heterocycles. The normalized spacial score (nSPS) is 17.4. The Hall–Kier alpha value is -2.51. The number of nitrogens with zero attached hydrogens (tertiary/aromatic N) is 5. The molecule has 8 nitrogen and oxygen atoms in total. The number of aromatic nitrogens is 4. The number of carbonyl (C=O) groups is 1. The minimum Gasteiger partial charge on any atom is -0.425 e. The first kappa shape index (κ1) is 17.3. The van der Waals surface area contributed by atoms with Crippen molar-refractivity contribution in [1.82, 2.24) is 25.1 Å². The van der Waals surface area contributed by atoms with Gasteiger partial charge < -0.3 is 15.1 Å². The molecule has 2 aromatic rings. The van der Waals surface area contributed by atoms with Gasteiger partial charge in [0.2, 0.25) is 17.7 Å². The Morgan fingerprint density at radius 1 is 1.40 bits per heavy atom. The van der Waals surface area contributed by atoms with E-state index in [-0.39, 0.29) is 17.9 Å². The first-order valence-corrected chi connectivity index (χ1v) is 8.67. The third kappa shape index (κ3) is 3.94. The van der Waals surface area contributed by atoms with Crippen LogP contribution >= 0.6 is 0 Å². The van der Waals surface area contributed by atoms with Gasteiger partial charge >= 0.3 is 0 Å². The van der Waals surface area contributed by atoms with E-state index in [4.69, 9.17) is 10.2 Å². The van der Waals surface area contributed by atoms with E-state index in [9.17, 15) is 4.79 Å². The standard InChI is InChI=1S/C17H24N6O2/c1-10(2)17-22-21-15(25-17)6-7-16(24)23-8-4-5-13(23)12-9-14(18)20-11(3)19-12/h9-10,13H,4-8H2,1-3H3,(H2,18,19,20)/t13-/m1/s1. The molecule has 3 heterocycles.